The number of hydrogen-bond donors (Lipinski definition) is 0. The molecule has 1 heterocycles. The molecule has 0 amide bonds. The third-order valence-corrected chi connectivity index (χ3v) is 2.92. The third-order valence-electron chi connectivity index (χ3n) is 2.92. The normalized spacial score (nSPS) is 37.2. The van der Waals surface area contributed by atoms with E-state index in [2.05, 4.69) is 27.7 Å². The molecule has 2 unspecified atom stereocenters. The second kappa shape index (κ2) is 3.00. The molecule has 1 saturated heterocycles. The summed E-state index contributed by atoms with van der Waals surface area (Å²) in [5.41, 5.74) is 0.180. The number of methoxy groups -OCH3 is 1. The largest absolute Gasteiger partial charge is 0.378 e. The van der Waals surface area contributed by atoms with Gasteiger partial charge in [0.05, 0.1) is 18.8 Å². The van der Waals surface area contributed by atoms with Crippen LogP contribution in [0.25, 0.3) is 0 Å². The SMILES string of the molecule is COC1(C)COCC1C(C)(C)C. The summed E-state index contributed by atoms with van der Waals surface area (Å²) in [4.78, 5) is 0. The van der Waals surface area contributed by atoms with Crippen LogP contribution < -0.4 is 0 Å². The smallest absolute Gasteiger partial charge is 0.0937 e. The maximum absolute atomic E-state index is 5.51. The first-order valence-electron chi connectivity index (χ1n) is 4.53. The van der Waals surface area contributed by atoms with Crippen LogP contribution in [0.2, 0.25) is 0 Å². The van der Waals surface area contributed by atoms with Crippen molar-refractivity contribution in [3.63, 3.8) is 0 Å². The Hall–Kier alpha value is -0.0800. The molecule has 1 aliphatic rings. The van der Waals surface area contributed by atoms with Crippen molar-refractivity contribution < 1.29 is 9.47 Å². The third kappa shape index (κ3) is 1.64. The molecule has 0 aliphatic carbocycles. The van der Waals surface area contributed by atoms with Crippen molar-refractivity contribution in [2.24, 2.45) is 11.3 Å². The van der Waals surface area contributed by atoms with Crippen LogP contribution in [0.4, 0.5) is 0 Å². The summed E-state index contributed by atoms with van der Waals surface area (Å²) in [5.74, 6) is 0.495. The van der Waals surface area contributed by atoms with Gasteiger partial charge in [-0.15, -0.1) is 0 Å². The molecule has 0 saturated carbocycles. The summed E-state index contributed by atoms with van der Waals surface area (Å²) in [6, 6.07) is 0. The summed E-state index contributed by atoms with van der Waals surface area (Å²) in [6.07, 6.45) is 0. The van der Waals surface area contributed by atoms with Crippen LogP contribution in [0.3, 0.4) is 0 Å². The lowest BCUT2D eigenvalue weighted by atomic mass is 9.73. The fraction of sp³-hybridized carbons (Fsp3) is 1.00. The number of hydrogen-bond acceptors (Lipinski definition) is 2. The molecule has 0 aromatic heterocycles. The average Bonchev–Trinajstić information content (AvgIpc) is 2.31. The molecular weight excluding hydrogens is 152 g/mol. The van der Waals surface area contributed by atoms with Gasteiger partial charge in [0, 0.05) is 13.0 Å². The fourth-order valence-electron chi connectivity index (χ4n) is 2.02. The predicted octanol–water partition coefficient (Wildman–Crippen LogP) is 2.08. The van der Waals surface area contributed by atoms with Gasteiger partial charge < -0.3 is 9.47 Å². The molecule has 0 radical (unpaired) electrons. The van der Waals surface area contributed by atoms with Crippen LogP contribution >= 0.6 is 0 Å². The summed E-state index contributed by atoms with van der Waals surface area (Å²) in [6.45, 7) is 10.4. The summed E-state index contributed by atoms with van der Waals surface area (Å²) < 4.78 is 11.0. The van der Waals surface area contributed by atoms with E-state index in [1.54, 1.807) is 7.11 Å². The summed E-state index contributed by atoms with van der Waals surface area (Å²) in [5, 5.41) is 0. The van der Waals surface area contributed by atoms with Crippen molar-refractivity contribution in [3.8, 4) is 0 Å². The van der Waals surface area contributed by atoms with E-state index in [0.29, 0.717) is 5.92 Å². The van der Waals surface area contributed by atoms with Crippen LogP contribution in [0, 0.1) is 11.3 Å². The molecule has 1 aliphatic heterocycles. The molecule has 2 heteroatoms. The Morgan fingerprint density at radius 2 is 2.00 bits per heavy atom. The van der Waals surface area contributed by atoms with E-state index in [9.17, 15) is 0 Å². The standard InChI is InChI=1S/C10H20O2/c1-9(2,3)8-6-12-7-10(8,4)11-5/h8H,6-7H2,1-5H3. The van der Waals surface area contributed by atoms with Crippen molar-refractivity contribution in [3.05, 3.63) is 0 Å². The maximum atomic E-state index is 5.51. The van der Waals surface area contributed by atoms with Crippen molar-refractivity contribution in [1.82, 2.24) is 0 Å². The highest BCUT2D eigenvalue weighted by atomic mass is 16.5. The zero-order valence-corrected chi connectivity index (χ0v) is 8.81. The lowest BCUT2D eigenvalue weighted by Crippen LogP contribution is -2.42. The van der Waals surface area contributed by atoms with Gasteiger partial charge in [-0.3, -0.25) is 0 Å². The summed E-state index contributed by atoms with van der Waals surface area (Å²) >= 11 is 0. The summed E-state index contributed by atoms with van der Waals surface area (Å²) in [7, 11) is 1.77. The quantitative estimate of drug-likeness (QED) is 0.603. The molecule has 72 valence electrons. The maximum Gasteiger partial charge on any atom is 0.0937 e. The first-order chi connectivity index (χ1) is 5.40. The van der Waals surface area contributed by atoms with Gasteiger partial charge in [-0.05, 0) is 12.3 Å². The van der Waals surface area contributed by atoms with Crippen LogP contribution in [0.1, 0.15) is 27.7 Å². The first kappa shape index (κ1) is 10.0. The van der Waals surface area contributed by atoms with Gasteiger partial charge in [-0.2, -0.15) is 0 Å². The lowest BCUT2D eigenvalue weighted by molar-refractivity contribution is -0.0522. The van der Waals surface area contributed by atoms with E-state index in [-0.39, 0.29) is 11.0 Å². The highest BCUT2D eigenvalue weighted by Gasteiger charge is 2.46. The molecule has 2 atom stereocenters. The van der Waals surface area contributed by atoms with Gasteiger partial charge >= 0.3 is 0 Å². The second-order valence-electron chi connectivity index (χ2n) is 4.95. The Bertz CT molecular complexity index is 160. The minimum absolute atomic E-state index is 0.0851. The molecule has 0 spiro atoms. The van der Waals surface area contributed by atoms with Crippen LogP contribution in [0.15, 0.2) is 0 Å². The molecule has 0 N–H and O–H groups in total. The Labute approximate surface area is 75.2 Å². The highest BCUT2D eigenvalue weighted by Crippen LogP contribution is 2.40. The molecule has 0 aromatic rings. The first-order valence-corrected chi connectivity index (χ1v) is 4.53. The van der Waals surface area contributed by atoms with Gasteiger partial charge in [0.15, 0.2) is 0 Å². The monoisotopic (exact) mass is 172 g/mol. The van der Waals surface area contributed by atoms with Crippen molar-refractivity contribution >= 4 is 0 Å². The Kier molecular flexibility index (Phi) is 2.50. The van der Waals surface area contributed by atoms with E-state index in [4.69, 9.17) is 9.47 Å². The molecular formula is C10H20O2. The van der Waals surface area contributed by atoms with Gasteiger partial charge in [0.1, 0.15) is 0 Å². The molecule has 0 aromatic carbocycles. The molecule has 0 bridgehead atoms. The molecule has 2 nitrogen and oxygen atoms in total. The number of ether oxygens (including phenoxy) is 2. The van der Waals surface area contributed by atoms with E-state index >= 15 is 0 Å². The minimum atomic E-state index is -0.0851. The van der Waals surface area contributed by atoms with E-state index < -0.39 is 0 Å². The molecule has 12 heavy (non-hydrogen) atoms. The van der Waals surface area contributed by atoms with Crippen molar-refractivity contribution in [2.45, 2.75) is 33.3 Å². The minimum Gasteiger partial charge on any atom is -0.378 e. The van der Waals surface area contributed by atoms with Crippen LogP contribution in [0.5, 0.6) is 0 Å². The van der Waals surface area contributed by atoms with Gasteiger partial charge in [0.2, 0.25) is 0 Å². The van der Waals surface area contributed by atoms with Gasteiger partial charge in [0.25, 0.3) is 0 Å². The average molecular weight is 172 g/mol. The topological polar surface area (TPSA) is 18.5 Å². The van der Waals surface area contributed by atoms with Crippen molar-refractivity contribution in [1.29, 1.82) is 0 Å². The Morgan fingerprint density at radius 3 is 2.33 bits per heavy atom. The van der Waals surface area contributed by atoms with Gasteiger partial charge in [-0.1, -0.05) is 20.8 Å². The molecule has 1 rings (SSSR count). The van der Waals surface area contributed by atoms with E-state index in [1.807, 2.05) is 0 Å². The molecule has 1 fully saturated rings. The Morgan fingerprint density at radius 1 is 1.42 bits per heavy atom. The lowest BCUT2D eigenvalue weighted by Gasteiger charge is -2.37. The van der Waals surface area contributed by atoms with Crippen molar-refractivity contribution in [2.75, 3.05) is 20.3 Å². The Balaban J connectivity index is 2.77. The van der Waals surface area contributed by atoms with Crippen LogP contribution in [-0.4, -0.2) is 25.9 Å². The number of rotatable bonds is 1. The second-order valence-corrected chi connectivity index (χ2v) is 4.95. The zero-order chi connectivity index (χ0) is 9.41. The fourth-order valence-corrected chi connectivity index (χ4v) is 2.02. The zero-order valence-electron chi connectivity index (χ0n) is 8.81. The highest BCUT2D eigenvalue weighted by molar-refractivity contribution is 4.94. The van der Waals surface area contributed by atoms with Crippen LogP contribution in [-0.2, 0) is 9.47 Å². The van der Waals surface area contributed by atoms with E-state index in [1.165, 1.54) is 0 Å². The predicted molar refractivity (Wildman–Crippen MR) is 49.2 cm³/mol. The van der Waals surface area contributed by atoms with Gasteiger partial charge in [-0.25, -0.2) is 0 Å². The van der Waals surface area contributed by atoms with E-state index in [0.717, 1.165) is 13.2 Å².